The summed E-state index contributed by atoms with van der Waals surface area (Å²) in [4.78, 5) is 13.4. The van der Waals surface area contributed by atoms with E-state index in [0.717, 1.165) is 4.47 Å². The maximum Gasteiger partial charge on any atom is 0.234 e. The first-order valence-corrected chi connectivity index (χ1v) is 7.70. The monoisotopic (exact) mass is 358 g/mol. The fourth-order valence-electron chi connectivity index (χ4n) is 1.84. The van der Waals surface area contributed by atoms with Crippen LogP contribution in [0.3, 0.4) is 0 Å². The van der Waals surface area contributed by atoms with Gasteiger partial charge in [0.2, 0.25) is 5.91 Å². The first-order valence-electron chi connectivity index (χ1n) is 6.91. The van der Waals surface area contributed by atoms with Crippen LogP contribution in [-0.4, -0.2) is 54.8 Å². The van der Waals surface area contributed by atoms with Crippen molar-refractivity contribution in [2.45, 2.75) is 26.0 Å². The van der Waals surface area contributed by atoms with Crippen molar-refractivity contribution in [3.8, 4) is 5.75 Å². The molecule has 6 heteroatoms. The van der Waals surface area contributed by atoms with Crippen LogP contribution < -0.4 is 10.1 Å². The van der Waals surface area contributed by atoms with Crippen molar-refractivity contribution in [2.24, 2.45) is 0 Å². The van der Waals surface area contributed by atoms with Crippen LogP contribution >= 0.6 is 15.9 Å². The second-order valence-corrected chi connectivity index (χ2v) is 6.26. The Morgan fingerprint density at radius 2 is 2.19 bits per heavy atom. The summed E-state index contributed by atoms with van der Waals surface area (Å²) < 4.78 is 6.44. The van der Waals surface area contributed by atoms with Crippen LogP contribution in [0, 0.1) is 0 Å². The SMILES string of the molecule is CC(C)NC(=O)CN(C)C[C@@H](O)COc1cccc(Br)c1. The van der Waals surface area contributed by atoms with E-state index < -0.39 is 6.10 Å². The summed E-state index contributed by atoms with van der Waals surface area (Å²) in [6, 6.07) is 7.57. The molecule has 0 bridgehead atoms. The van der Waals surface area contributed by atoms with Gasteiger partial charge >= 0.3 is 0 Å². The Labute approximate surface area is 134 Å². The van der Waals surface area contributed by atoms with Crippen molar-refractivity contribution in [1.29, 1.82) is 0 Å². The number of benzene rings is 1. The van der Waals surface area contributed by atoms with Gasteiger partial charge in [0.05, 0.1) is 6.54 Å². The average molecular weight is 359 g/mol. The van der Waals surface area contributed by atoms with Crippen molar-refractivity contribution in [3.63, 3.8) is 0 Å². The minimum atomic E-state index is -0.652. The molecule has 118 valence electrons. The molecule has 1 rings (SSSR count). The molecule has 0 radical (unpaired) electrons. The molecule has 1 aromatic rings. The van der Waals surface area contributed by atoms with Crippen molar-refractivity contribution >= 4 is 21.8 Å². The third-order valence-corrected chi connectivity index (χ3v) is 3.12. The summed E-state index contributed by atoms with van der Waals surface area (Å²) in [5.74, 6) is 0.649. The fraction of sp³-hybridized carbons (Fsp3) is 0.533. The van der Waals surface area contributed by atoms with Crippen LogP contribution in [0.15, 0.2) is 28.7 Å². The lowest BCUT2D eigenvalue weighted by atomic mass is 10.3. The lowest BCUT2D eigenvalue weighted by Crippen LogP contribution is -2.42. The highest BCUT2D eigenvalue weighted by Crippen LogP contribution is 2.17. The Morgan fingerprint density at radius 3 is 2.81 bits per heavy atom. The predicted octanol–water partition coefficient (Wildman–Crippen LogP) is 1.65. The van der Waals surface area contributed by atoms with E-state index in [-0.39, 0.29) is 25.1 Å². The zero-order valence-corrected chi connectivity index (χ0v) is 14.3. The number of nitrogens with zero attached hydrogens (tertiary/aromatic N) is 1. The van der Waals surface area contributed by atoms with Gasteiger partial charge in [-0.3, -0.25) is 9.69 Å². The van der Waals surface area contributed by atoms with Crippen molar-refractivity contribution < 1.29 is 14.6 Å². The van der Waals surface area contributed by atoms with Gasteiger partial charge in [-0.05, 0) is 39.1 Å². The predicted molar refractivity (Wildman–Crippen MR) is 86.4 cm³/mol. The summed E-state index contributed by atoms with van der Waals surface area (Å²) in [5, 5.41) is 12.7. The molecular formula is C15H23BrN2O3. The van der Waals surface area contributed by atoms with E-state index in [1.54, 1.807) is 11.9 Å². The number of carbonyl (C=O) groups excluding carboxylic acids is 1. The van der Waals surface area contributed by atoms with Crippen LogP contribution in [0.25, 0.3) is 0 Å². The Kier molecular flexibility index (Phi) is 7.71. The average Bonchev–Trinajstić information content (AvgIpc) is 2.35. The van der Waals surface area contributed by atoms with E-state index >= 15 is 0 Å². The molecule has 0 saturated carbocycles. The van der Waals surface area contributed by atoms with Gasteiger partial charge in [-0.15, -0.1) is 0 Å². The van der Waals surface area contributed by atoms with E-state index in [0.29, 0.717) is 12.3 Å². The molecule has 1 amide bonds. The number of likely N-dealkylation sites (N-methyl/N-ethyl adjacent to an activating group) is 1. The van der Waals surface area contributed by atoms with E-state index in [9.17, 15) is 9.90 Å². The molecule has 0 unspecified atom stereocenters. The Morgan fingerprint density at radius 1 is 1.48 bits per heavy atom. The van der Waals surface area contributed by atoms with E-state index in [2.05, 4.69) is 21.2 Å². The van der Waals surface area contributed by atoms with Gasteiger partial charge < -0.3 is 15.2 Å². The van der Waals surface area contributed by atoms with Crippen LogP contribution in [0.2, 0.25) is 0 Å². The summed E-state index contributed by atoms with van der Waals surface area (Å²) >= 11 is 3.36. The maximum atomic E-state index is 11.6. The number of aliphatic hydroxyl groups excluding tert-OH is 1. The highest BCUT2D eigenvalue weighted by atomic mass is 79.9. The topological polar surface area (TPSA) is 61.8 Å². The molecule has 0 saturated heterocycles. The molecule has 1 atom stereocenters. The van der Waals surface area contributed by atoms with Gasteiger partial charge in [0.1, 0.15) is 18.5 Å². The number of rotatable bonds is 8. The number of amides is 1. The van der Waals surface area contributed by atoms with Crippen LogP contribution in [-0.2, 0) is 4.79 Å². The Hall–Kier alpha value is -1.11. The van der Waals surface area contributed by atoms with Crippen molar-refractivity contribution in [3.05, 3.63) is 28.7 Å². The van der Waals surface area contributed by atoms with E-state index in [1.165, 1.54) is 0 Å². The smallest absolute Gasteiger partial charge is 0.234 e. The highest BCUT2D eigenvalue weighted by Gasteiger charge is 2.12. The van der Waals surface area contributed by atoms with Gasteiger partial charge in [0.25, 0.3) is 0 Å². The zero-order valence-electron chi connectivity index (χ0n) is 12.7. The van der Waals surface area contributed by atoms with Crippen molar-refractivity contribution in [2.75, 3.05) is 26.7 Å². The first-order chi connectivity index (χ1) is 9.86. The number of nitrogens with one attached hydrogen (secondary N) is 1. The second kappa shape index (κ2) is 9.02. The fourth-order valence-corrected chi connectivity index (χ4v) is 2.22. The molecule has 0 heterocycles. The third kappa shape index (κ3) is 8.04. The number of ether oxygens (including phenoxy) is 1. The molecule has 1 aromatic carbocycles. The molecule has 21 heavy (non-hydrogen) atoms. The summed E-state index contributed by atoms with van der Waals surface area (Å²) in [6.45, 7) is 4.65. The van der Waals surface area contributed by atoms with Gasteiger partial charge in [-0.25, -0.2) is 0 Å². The first kappa shape index (κ1) is 17.9. The standard InChI is InChI=1S/C15H23BrN2O3/c1-11(2)17-15(20)9-18(3)8-13(19)10-21-14-6-4-5-12(16)7-14/h4-7,11,13,19H,8-10H2,1-3H3,(H,17,20)/t13-/m1/s1. The highest BCUT2D eigenvalue weighted by molar-refractivity contribution is 9.10. The molecule has 5 nitrogen and oxygen atoms in total. The third-order valence-electron chi connectivity index (χ3n) is 2.62. The number of hydrogen-bond acceptors (Lipinski definition) is 4. The number of halogens is 1. The lowest BCUT2D eigenvalue weighted by Gasteiger charge is -2.21. The molecule has 0 aliphatic heterocycles. The molecule has 0 aliphatic rings. The molecule has 0 spiro atoms. The summed E-state index contributed by atoms with van der Waals surface area (Å²) in [7, 11) is 1.79. The normalized spacial score (nSPS) is 12.5. The molecule has 2 N–H and O–H groups in total. The van der Waals surface area contributed by atoms with Crippen LogP contribution in [0.5, 0.6) is 5.75 Å². The quantitative estimate of drug-likeness (QED) is 0.741. The van der Waals surface area contributed by atoms with Crippen LogP contribution in [0.4, 0.5) is 0 Å². The number of carbonyl (C=O) groups is 1. The van der Waals surface area contributed by atoms with E-state index in [4.69, 9.17) is 4.74 Å². The number of aliphatic hydroxyl groups is 1. The summed E-state index contributed by atoms with van der Waals surface area (Å²) in [6.07, 6.45) is -0.652. The Balaban J connectivity index is 2.29. The molecule has 0 fully saturated rings. The summed E-state index contributed by atoms with van der Waals surface area (Å²) in [5.41, 5.74) is 0. The van der Waals surface area contributed by atoms with Gasteiger partial charge in [-0.2, -0.15) is 0 Å². The number of hydrogen-bond donors (Lipinski definition) is 2. The van der Waals surface area contributed by atoms with Gasteiger partial charge in [0, 0.05) is 17.1 Å². The van der Waals surface area contributed by atoms with Crippen LogP contribution in [0.1, 0.15) is 13.8 Å². The minimum Gasteiger partial charge on any atom is -0.491 e. The van der Waals surface area contributed by atoms with E-state index in [1.807, 2.05) is 38.1 Å². The van der Waals surface area contributed by atoms with Gasteiger partial charge in [0.15, 0.2) is 0 Å². The maximum absolute atomic E-state index is 11.6. The molecule has 0 aromatic heterocycles. The van der Waals surface area contributed by atoms with Crippen molar-refractivity contribution in [1.82, 2.24) is 10.2 Å². The largest absolute Gasteiger partial charge is 0.491 e. The second-order valence-electron chi connectivity index (χ2n) is 5.34. The zero-order chi connectivity index (χ0) is 15.8. The molecular weight excluding hydrogens is 336 g/mol. The minimum absolute atomic E-state index is 0.0485. The van der Waals surface area contributed by atoms with Gasteiger partial charge in [-0.1, -0.05) is 22.0 Å². The molecule has 0 aliphatic carbocycles. The lowest BCUT2D eigenvalue weighted by molar-refractivity contribution is -0.122. The Bertz CT molecular complexity index is 454.